The van der Waals surface area contributed by atoms with Gasteiger partial charge in [-0.1, -0.05) is 48.2 Å². The van der Waals surface area contributed by atoms with Crippen LogP contribution in [0.2, 0.25) is 0 Å². The second-order valence-corrected chi connectivity index (χ2v) is 5.52. The Hall–Kier alpha value is -2.18. The summed E-state index contributed by atoms with van der Waals surface area (Å²) in [4.78, 5) is 12.8. The molecule has 2 nitrogen and oxygen atoms in total. The smallest absolute Gasteiger partial charge is 0.221 e. The summed E-state index contributed by atoms with van der Waals surface area (Å²) in [6.45, 7) is 0.393. The van der Waals surface area contributed by atoms with Gasteiger partial charge in [0.2, 0.25) is 5.91 Å². The van der Waals surface area contributed by atoms with Crippen LogP contribution in [0, 0.1) is 11.8 Å². The van der Waals surface area contributed by atoms with Gasteiger partial charge < -0.3 is 5.32 Å². The van der Waals surface area contributed by atoms with Gasteiger partial charge in [0.15, 0.2) is 0 Å². The minimum atomic E-state index is 0.0424. The fourth-order valence-corrected chi connectivity index (χ4v) is 2.55. The zero-order valence-corrected chi connectivity index (χ0v) is 12.5. The maximum absolute atomic E-state index is 11.7. The van der Waals surface area contributed by atoms with Gasteiger partial charge in [0.25, 0.3) is 0 Å². The average molecular weight is 295 g/mol. The van der Waals surface area contributed by atoms with E-state index >= 15 is 0 Å². The number of nitrogens with one attached hydrogen (secondary N) is 1. The highest BCUT2D eigenvalue weighted by Gasteiger charge is 2.00. The quantitative estimate of drug-likeness (QED) is 0.677. The van der Waals surface area contributed by atoms with Crippen molar-refractivity contribution in [1.29, 1.82) is 0 Å². The van der Waals surface area contributed by atoms with Gasteiger partial charge in [-0.25, -0.2) is 0 Å². The normalized spacial score (nSPS) is 9.52. The standard InChI is InChI=1S/C18H17NOS/c20-18(13-15-21-17-11-5-2-6-12-17)19-14-7-10-16-8-3-1-4-9-16/h1-6,8-9,11-12H,13-15H2,(H,19,20). The molecule has 0 aliphatic rings. The molecule has 0 fully saturated rings. The number of benzene rings is 2. The van der Waals surface area contributed by atoms with Crippen molar-refractivity contribution in [2.45, 2.75) is 11.3 Å². The monoisotopic (exact) mass is 295 g/mol. The van der Waals surface area contributed by atoms with Crippen molar-refractivity contribution >= 4 is 17.7 Å². The predicted molar refractivity (Wildman–Crippen MR) is 88.1 cm³/mol. The largest absolute Gasteiger partial charge is 0.345 e. The van der Waals surface area contributed by atoms with Gasteiger partial charge in [-0.05, 0) is 24.3 Å². The third-order valence-corrected chi connectivity index (χ3v) is 3.74. The van der Waals surface area contributed by atoms with E-state index in [1.54, 1.807) is 11.8 Å². The molecule has 0 atom stereocenters. The highest BCUT2D eigenvalue weighted by Crippen LogP contribution is 2.17. The summed E-state index contributed by atoms with van der Waals surface area (Å²) in [5, 5.41) is 2.81. The minimum Gasteiger partial charge on any atom is -0.345 e. The fourth-order valence-electron chi connectivity index (χ4n) is 1.68. The van der Waals surface area contributed by atoms with E-state index in [1.807, 2.05) is 60.7 Å². The summed E-state index contributed by atoms with van der Waals surface area (Å²) in [5.74, 6) is 6.79. The lowest BCUT2D eigenvalue weighted by atomic mass is 10.2. The SMILES string of the molecule is O=C(CCSc1ccccc1)NCC#Cc1ccccc1. The Morgan fingerprint density at radius 3 is 2.38 bits per heavy atom. The third kappa shape index (κ3) is 6.20. The first-order chi connectivity index (χ1) is 10.3. The molecule has 0 saturated carbocycles. The van der Waals surface area contributed by atoms with Crippen molar-refractivity contribution in [2.75, 3.05) is 12.3 Å². The van der Waals surface area contributed by atoms with E-state index in [2.05, 4.69) is 17.2 Å². The number of hydrogen-bond acceptors (Lipinski definition) is 2. The van der Waals surface area contributed by atoms with E-state index in [0.29, 0.717) is 13.0 Å². The molecule has 0 radical (unpaired) electrons. The van der Waals surface area contributed by atoms with E-state index in [1.165, 1.54) is 4.90 Å². The van der Waals surface area contributed by atoms with E-state index in [9.17, 15) is 4.79 Å². The van der Waals surface area contributed by atoms with Crippen molar-refractivity contribution in [2.24, 2.45) is 0 Å². The molecule has 0 saturated heterocycles. The fraction of sp³-hybridized carbons (Fsp3) is 0.167. The molecule has 3 heteroatoms. The number of hydrogen-bond donors (Lipinski definition) is 1. The average Bonchev–Trinajstić information content (AvgIpc) is 2.54. The number of thioether (sulfide) groups is 1. The van der Waals surface area contributed by atoms with Crippen molar-refractivity contribution in [3.63, 3.8) is 0 Å². The van der Waals surface area contributed by atoms with Crippen LogP contribution in [0.1, 0.15) is 12.0 Å². The molecule has 2 aromatic carbocycles. The Bertz CT molecular complexity index is 614. The first-order valence-corrected chi connectivity index (χ1v) is 7.81. The second kappa shape index (κ2) is 8.89. The molecule has 1 amide bonds. The number of rotatable bonds is 5. The van der Waals surface area contributed by atoms with E-state index in [4.69, 9.17) is 0 Å². The molecular weight excluding hydrogens is 278 g/mol. The van der Waals surface area contributed by atoms with Crippen molar-refractivity contribution in [1.82, 2.24) is 5.32 Å². The number of carbonyl (C=O) groups excluding carboxylic acids is 1. The molecule has 2 aromatic rings. The molecule has 0 aliphatic carbocycles. The Morgan fingerprint density at radius 2 is 1.67 bits per heavy atom. The number of carbonyl (C=O) groups is 1. The maximum Gasteiger partial charge on any atom is 0.221 e. The van der Waals surface area contributed by atoms with Crippen molar-refractivity contribution in [3.8, 4) is 11.8 Å². The summed E-state index contributed by atoms with van der Waals surface area (Å²) < 4.78 is 0. The lowest BCUT2D eigenvalue weighted by Gasteiger charge is -2.02. The molecule has 0 aromatic heterocycles. The van der Waals surface area contributed by atoms with Gasteiger partial charge in [0, 0.05) is 22.6 Å². The molecular formula is C18H17NOS. The van der Waals surface area contributed by atoms with Crippen LogP contribution < -0.4 is 5.32 Å². The first kappa shape index (κ1) is 15.2. The van der Waals surface area contributed by atoms with Crippen LogP contribution in [0.25, 0.3) is 0 Å². The molecule has 0 aliphatic heterocycles. The Morgan fingerprint density at radius 1 is 1.00 bits per heavy atom. The highest BCUT2D eigenvalue weighted by molar-refractivity contribution is 7.99. The van der Waals surface area contributed by atoms with Gasteiger partial charge in [0.05, 0.1) is 6.54 Å². The molecule has 0 heterocycles. The molecule has 21 heavy (non-hydrogen) atoms. The molecule has 0 unspecified atom stereocenters. The summed E-state index contributed by atoms with van der Waals surface area (Å²) in [6.07, 6.45) is 0.507. The molecule has 2 rings (SSSR count). The van der Waals surface area contributed by atoms with Crippen LogP contribution in [0.3, 0.4) is 0 Å². The van der Waals surface area contributed by atoms with Crippen LogP contribution in [0.5, 0.6) is 0 Å². The molecule has 0 spiro atoms. The van der Waals surface area contributed by atoms with Crippen LogP contribution in [0.15, 0.2) is 65.6 Å². The molecule has 1 N–H and O–H groups in total. The number of amides is 1. The van der Waals surface area contributed by atoms with Gasteiger partial charge in [0.1, 0.15) is 0 Å². The lowest BCUT2D eigenvalue weighted by molar-refractivity contribution is -0.120. The summed E-state index contributed by atoms with van der Waals surface area (Å²) in [7, 11) is 0. The van der Waals surface area contributed by atoms with E-state index in [0.717, 1.165) is 11.3 Å². The van der Waals surface area contributed by atoms with Gasteiger partial charge in [-0.2, -0.15) is 0 Å². The van der Waals surface area contributed by atoms with Crippen molar-refractivity contribution in [3.05, 3.63) is 66.2 Å². The summed E-state index contributed by atoms with van der Waals surface area (Å²) in [5.41, 5.74) is 0.964. The van der Waals surface area contributed by atoms with Crippen molar-refractivity contribution < 1.29 is 4.79 Å². The third-order valence-electron chi connectivity index (χ3n) is 2.72. The summed E-state index contributed by atoms with van der Waals surface area (Å²) >= 11 is 1.69. The van der Waals surface area contributed by atoms with Gasteiger partial charge in [-0.3, -0.25) is 4.79 Å². The Labute approximate surface area is 130 Å². The molecule has 106 valence electrons. The van der Waals surface area contributed by atoms with Gasteiger partial charge >= 0.3 is 0 Å². The highest BCUT2D eigenvalue weighted by atomic mass is 32.2. The summed E-state index contributed by atoms with van der Waals surface area (Å²) in [6, 6.07) is 19.8. The predicted octanol–water partition coefficient (Wildman–Crippen LogP) is 3.34. The second-order valence-electron chi connectivity index (χ2n) is 4.36. The minimum absolute atomic E-state index is 0.0424. The zero-order valence-electron chi connectivity index (χ0n) is 11.7. The Kier molecular flexibility index (Phi) is 6.44. The maximum atomic E-state index is 11.7. The lowest BCUT2D eigenvalue weighted by Crippen LogP contribution is -2.23. The topological polar surface area (TPSA) is 29.1 Å². The first-order valence-electron chi connectivity index (χ1n) is 6.83. The van der Waals surface area contributed by atoms with E-state index in [-0.39, 0.29) is 5.91 Å². The van der Waals surface area contributed by atoms with Crippen LogP contribution >= 0.6 is 11.8 Å². The van der Waals surface area contributed by atoms with Crippen LogP contribution in [-0.2, 0) is 4.79 Å². The molecule has 0 bridgehead atoms. The van der Waals surface area contributed by atoms with E-state index < -0.39 is 0 Å². The van der Waals surface area contributed by atoms with Gasteiger partial charge in [-0.15, -0.1) is 11.8 Å². The van der Waals surface area contributed by atoms with Crippen LogP contribution in [-0.4, -0.2) is 18.2 Å². The zero-order chi connectivity index (χ0) is 14.8. The Balaban J connectivity index is 1.63. The van der Waals surface area contributed by atoms with Crippen LogP contribution in [0.4, 0.5) is 0 Å².